The molecule has 68 heavy (non-hydrogen) atoms. The predicted octanol–water partition coefficient (Wildman–Crippen LogP) is 17.6. The summed E-state index contributed by atoms with van der Waals surface area (Å²) in [6.45, 7) is 0. The van der Waals surface area contributed by atoms with Gasteiger partial charge in [-0.05, 0) is 132 Å². The molecule has 1 aliphatic carbocycles. The molecule has 324 valence electrons. The molecule has 0 fully saturated rings. The third-order valence-electron chi connectivity index (χ3n) is 13.1. The highest BCUT2D eigenvalue weighted by Crippen LogP contribution is 2.40. The van der Waals surface area contributed by atoms with Crippen LogP contribution in [0.25, 0.3) is 61.3 Å². The highest BCUT2D eigenvalue weighted by Gasteiger charge is 2.20. The Morgan fingerprint density at radius 2 is 0.897 bits per heavy atom. The number of aromatic nitrogens is 1. The highest BCUT2D eigenvalue weighted by molar-refractivity contribution is 6.00. The average Bonchev–Trinajstić information content (AvgIpc) is 4.01. The largest absolute Gasteiger partial charge is 0.456 e. The summed E-state index contributed by atoms with van der Waals surface area (Å²) in [4.78, 5) is 4.62. The van der Waals surface area contributed by atoms with Crippen LogP contribution in [0.2, 0.25) is 0 Å². The zero-order valence-electron chi connectivity index (χ0n) is 37.4. The SMILES string of the molecule is C1=CC(c2ccc(-c3cc4cc5oc(-c6ccc(-c7ccc(N(c8ccccc8)c8ccccc8)cc7)cc6)cc5cc4n3-c3ccccc3)cc2)CC=C1N(c1ccccc1)c1ccccc1. The van der Waals surface area contributed by atoms with Crippen LogP contribution in [-0.2, 0) is 0 Å². The fraction of sp³-hybridized carbons (Fsp3) is 0.0312. The van der Waals surface area contributed by atoms with Gasteiger partial charge in [-0.25, -0.2) is 0 Å². The van der Waals surface area contributed by atoms with Crippen LogP contribution in [0.5, 0.6) is 0 Å². The second-order valence-electron chi connectivity index (χ2n) is 17.3. The molecule has 0 spiro atoms. The van der Waals surface area contributed by atoms with Crippen molar-refractivity contribution in [1.29, 1.82) is 0 Å². The lowest BCUT2D eigenvalue weighted by molar-refractivity contribution is 0.632. The van der Waals surface area contributed by atoms with Crippen molar-refractivity contribution >= 4 is 50.3 Å². The molecule has 11 aromatic rings. The Balaban J connectivity index is 0.803. The number of nitrogens with zero attached hydrogens (tertiary/aromatic N) is 3. The van der Waals surface area contributed by atoms with Gasteiger partial charge in [-0.15, -0.1) is 0 Å². The summed E-state index contributed by atoms with van der Waals surface area (Å²) in [5, 5.41) is 2.20. The van der Waals surface area contributed by atoms with Crippen LogP contribution < -0.4 is 9.80 Å². The first kappa shape index (κ1) is 40.6. The summed E-state index contributed by atoms with van der Waals surface area (Å²) in [5.74, 6) is 1.14. The van der Waals surface area contributed by atoms with Crippen LogP contribution in [0.1, 0.15) is 17.9 Å². The number of furan rings is 1. The topological polar surface area (TPSA) is 24.6 Å². The van der Waals surface area contributed by atoms with Crippen molar-refractivity contribution in [3.63, 3.8) is 0 Å². The predicted molar refractivity (Wildman–Crippen MR) is 284 cm³/mol. The maximum Gasteiger partial charge on any atom is 0.135 e. The Hall–Kier alpha value is -8.86. The van der Waals surface area contributed by atoms with Gasteiger partial charge in [-0.2, -0.15) is 0 Å². The van der Waals surface area contributed by atoms with Crippen molar-refractivity contribution in [2.45, 2.75) is 12.3 Å². The van der Waals surface area contributed by atoms with E-state index in [1.165, 1.54) is 16.8 Å². The zero-order chi connectivity index (χ0) is 45.2. The second kappa shape index (κ2) is 17.8. The Labute approximate surface area is 397 Å². The maximum absolute atomic E-state index is 6.62. The fourth-order valence-corrected chi connectivity index (χ4v) is 9.71. The first-order valence-electron chi connectivity index (χ1n) is 23.3. The summed E-state index contributed by atoms with van der Waals surface area (Å²) in [5.41, 5.74) is 16.9. The molecule has 0 saturated carbocycles. The normalized spacial score (nSPS) is 13.4. The van der Waals surface area contributed by atoms with E-state index in [0.29, 0.717) is 5.92 Å². The van der Waals surface area contributed by atoms with Crippen LogP contribution in [0.15, 0.2) is 277 Å². The number of hydrogen-bond acceptors (Lipinski definition) is 3. The molecule has 4 heteroatoms. The van der Waals surface area contributed by atoms with Gasteiger partial charge in [0.15, 0.2) is 0 Å². The average molecular weight is 874 g/mol. The van der Waals surface area contributed by atoms with Crippen molar-refractivity contribution in [3.8, 4) is 39.4 Å². The van der Waals surface area contributed by atoms with Gasteiger partial charge in [0.05, 0.1) is 11.2 Å². The Morgan fingerprint density at radius 1 is 0.412 bits per heavy atom. The molecule has 1 atom stereocenters. The van der Waals surface area contributed by atoms with Crippen LogP contribution >= 0.6 is 0 Å². The number of anilines is 5. The van der Waals surface area contributed by atoms with E-state index >= 15 is 0 Å². The lowest BCUT2D eigenvalue weighted by Gasteiger charge is -2.29. The smallest absolute Gasteiger partial charge is 0.135 e. The van der Waals surface area contributed by atoms with Gasteiger partial charge >= 0.3 is 0 Å². The van der Waals surface area contributed by atoms with E-state index < -0.39 is 0 Å². The Kier molecular flexibility index (Phi) is 10.7. The molecule has 0 saturated heterocycles. The van der Waals surface area contributed by atoms with Gasteiger partial charge in [-0.3, -0.25) is 0 Å². The van der Waals surface area contributed by atoms with E-state index in [2.05, 4.69) is 281 Å². The summed E-state index contributed by atoms with van der Waals surface area (Å²) < 4.78 is 9.00. The van der Waals surface area contributed by atoms with Gasteiger partial charge in [0, 0.05) is 62.1 Å². The van der Waals surface area contributed by atoms with Gasteiger partial charge in [0.2, 0.25) is 0 Å². The van der Waals surface area contributed by atoms with Gasteiger partial charge in [-0.1, -0.05) is 164 Å². The van der Waals surface area contributed by atoms with Gasteiger partial charge < -0.3 is 18.8 Å². The zero-order valence-corrected chi connectivity index (χ0v) is 37.4. The molecule has 9 aromatic carbocycles. The summed E-state index contributed by atoms with van der Waals surface area (Å²) in [6, 6.07) is 88.5. The first-order chi connectivity index (χ1) is 33.7. The summed E-state index contributed by atoms with van der Waals surface area (Å²) in [7, 11) is 0. The van der Waals surface area contributed by atoms with E-state index in [9.17, 15) is 0 Å². The van der Waals surface area contributed by atoms with E-state index in [0.717, 1.165) is 90.6 Å². The van der Waals surface area contributed by atoms with Crippen molar-refractivity contribution in [2.24, 2.45) is 0 Å². The maximum atomic E-state index is 6.62. The van der Waals surface area contributed by atoms with Crippen molar-refractivity contribution in [3.05, 3.63) is 278 Å². The molecule has 12 rings (SSSR count). The van der Waals surface area contributed by atoms with Crippen molar-refractivity contribution in [2.75, 3.05) is 9.80 Å². The summed E-state index contributed by atoms with van der Waals surface area (Å²) in [6.07, 6.45) is 7.93. The minimum absolute atomic E-state index is 0.293. The molecule has 0 bridgehead atoms. The van der Waals surface area contributed by atoms with Gasteiger partial charge in [0.25, 0.3) is 0 Å². The van der Waals surface area contributed by atoms with E-state index in [1.54, 1.807) is 0 Å². The van der Waals surface area contributed by atoms with E-state index in [4.69, 9.17) is 4.42 Å². The number of benzene rings is 9. The van der Waals surface area contributed by atoms with Crippen LogP contribution in [-0.4, -0.2) is 4.57 Å². The number of hydrogen-bond donors (Lipinski definition) is 0. The lowest BCUT2D eigenvalue weighted by Crippen LogP contribution is -2.17. The van der Waals surface area contributed by atoms with Crippen molar-refractivity contribution < 1.29 is 4.42 Å². The molecule has 0 aliphatic heterocycles. The molecule has 1 aliphatic rings. The number of fused-ring (bicyclic) bond motifs is 2. The van der Waals surface area contributed by atoms with Crippen LogP contribution in [0, 0.1) is 0 Å². The second-order valence-corrected chi connectivity index (χ2v) is 17.3. The Bertz CT molecular complexity index is 3460. The quantitative estimate of drug-likeness (QED) is 0.129. The minimum atomic E-state index is 0.293. The number of rotatable bonds is 11. The number of para-hydroxylation sites is 5. The highest BCUT2D eigenvalue weighted by atomic mass is 16.3. The van der Waals surface area contributed by atoms with Gasteiger partial charge in [0.1, 0.15) is 11.3 Å². The molecule has 2 aromatic heterocycles. The van der Waals surface area contributed by atoms with E-state index in [-0.39, 0.29) is 0 Å². The Morgan fingerprint density at radius 3 is 1.44 bits per heavy atom. The number of allylic oxidation sites excluding steroid dienone is 3. The van der Waals surface area contributed by atoms with Crippen LogP contribution in [0.4, 0.5) is 28.4 Å². The minimum Gasteiger partial charge on any atom is -0.456 e. The molecule has 2 heterocycles. The summed E-state index contributed by atoms with van der Waals surface area (Å²) >= 11 is 0. The third kappa shape index (κ3) is 7.88. The van der Waals surface area contributed by atoms with Crippen LogP contribution in [0.3, 0.4) is 0 Å². The molecule has 0 radical (unpaired) electrons. The first-order valence-corrected chi connectivity index (χ1v) is 23.3. The molecular formula is C64H47N3O. The molecule has 4 nitrogen and oxygen atoms in total. The molecule has 0 N–H and O–H groups in total. The molecule has 0 amide bonds. The monoisotopic (exact) mass is 873 g/mol. The lowest BCUT2D eigenvalue weighted by atomic mass is 9.90. The fourth-order valence-electron chi connectivity index (χ4n) is 9.71. The standard InChI is InChI=1S/C64H47N3O/c1-6-16-54(17-7-1)65(55-18-8-2-9-19-55)59-38-34-48(35-39-59)46-26-30-50(31-27-46)61-42-52-44-64-53(43-62(52)67(61)58-24-14-5-15-25-58)45-63(68-64)51-32-28-47(29-33-51)49-36-40-60(41-37-49)66(56-20-10-3-11-21-56)57-22-12-4-13-23-57/h1-34,36-45,48H,35H2. The third-order valence-corrected chi connectivity index (χ3v) is 13.1. The molecular weight excluding hydrogens is 827 g/mol. The van der Waals surface area contributed by atoms with Crippen molar-refractivity contribution in [1.82, 2.24) is 4.57 Å². The molecule has 1 unspecified atom stereocenters. The van der Waals surface area contributed by atoms with E-state index in [1.807, 2.05) is 0 Å².